The summed E-state index contributed by atoms with van der Waals surface area (Å²) in [6.07, 6.45) is 1.39. The van der Waals surface area contributed by atoms with Gasteiger partial charge in [-0.25, -0.2) is 4.90 Å². The summed E-state index contributed by atoms with van der Waals surface area (Å²) in [7, 11) is -4.03. The van der Waals surface area contributed by atoms with Crippen molar-refractivity contribution in [1.82, 2.24) is 0 Å². The molecule has 32 heavy (non-hydrogen) atoms. The van der Waals surface area contributed by atoms with Crippen molar-refractivity contribution in [2.45, 2.75) is 19.1 Å². The molecule has 0 saturated carbocycles. The maximum atomic E-state index is 14.2. The molecule has 0 aliphatic carbocycles. The van der Waals surface area contributed by atoms with Crippen LogP contribution in [0.4, 0.5) is 5.69 Å². The van der Waals surface area contributed by atoms with Crippen molar-refractivity contribution in [3.05, 3.63) is 64.1 Å². The van der Waals surface area contributed by atoms with Gasteiger partial charge < -0.3 is 9.05 Å². The van der Waals surface area contributed by atoms with Gasteiger partial charge in [0.1, 0.15) is 0 Å². The number of nitrogens with zero attached hydrogens (tertiary/aromatic N) is 2. The smallest absolute Gasteiger partial charge is 0.307 e. The highest BCUT2D eigenvalue weighted by Crippen LogP contribution is 2.72. The molecule has 7 nitrogen and oxygen atoms in total. The topological polar surface area (TPSA) is 85.3 Å². The molecule has 0 aromatic heterocycles. The Hall–Kier alpha value is -2.02. The molecule has 3 atom stereocenters. The average molecular weight is 495 g/mol. The number of hydrogen-bond acceptors (Lipinski definition) is 6. The summed E-state index contributed by atoms with van der Waals surface area (Å²) in [6.45, 7) is 3.53. The third kappa shape index (κ3) is 3.35. The number of anilines is 1. The standard InChI is InChI=1S/C22H21Cl2N2O5P/c1-3-30-32(29,31-4-2)22(14-8-6-5-7-9-14)19-16(13-25-22)20(27)26(21(19)28)15-10-11-17(23)18(24)12-15/h5-13,16,19H,3-4H2,1-2H3. The number of halogens is 2. The lowest BCUT2D eigenvalue weighted by Crippen LogP contribution is -2.40. The normalized spacial score (nSPS) is 24.9. The molecular formula is C22H21Cl2N2O5P. The molecule has 0 spiro atoms. The van der Waals surface area contributed by atoms with Crippen LogP contribution < -0.4 is 4.90 Å². The van der Waals surface area contributed by atoms with Crippen LogP contribution in [0.25, 0.3) is 0 Å². The number of fused-ring (bicyclic) bond motifs is 1. The fourth-order valence-electron chi connectivity index (χ4n) is 4.33. The van der Waals surface area contributed by atoms with Crippen molar-refractivity contribution in [2.75, 3.05) is 18.1 Å². The first-order valence-corrected chi connectivity index (χ1v) is 12.4. The van der Waals surface area contributed by atoms with Crippen molar-refractivity contribution in [2.24, 2.45) is 16.8 Å². The molecule has 0 bridgehead atoms. The first kappa shape index (κ1) is 23.1. The van der Waals surface area contributed by atoms with E-state index in [4.69, 9.17) is 32.2 Å². The lowest BCUT2D eigenvalue weighted by Gasteiger charge is -2.37. The van der Waals surface area contributed by atoms with E-state index in [1.165, 1.54) is 24.4 Å². The minimum absolute atomic E-state index is 0.0808. The zero-order valence-corrected chi connectivity index (χ0v) is 19.8. The maximum Gasteiger partial charge on any atom is 0.363 e. The monoisotopic (exact) mass is 494 g/mol. The van der Waals surface area contributed by atoms with Crippen LogP contribution in [-0.4, -0.2) is 31.2 Å². The zero-order chi connectivity index (χ0) is 23.1. The van der Waals surface area contributed by atoms with Crippen molar-refractivity contribution in [3.63, 3.8) is 0 Å². The first-order valence-electron chi connectivity index (χ1n) is 10.1. The second-order valence-electron chi connectivity index (χ2n) is 7.32. The molecule has 2 amide bonds. The summed E-state index contributed by atoms with van der Waals surface area (Å²) in [5.74, 6) is -3.07. The van der Waals surface area contributed by atoms with Gasteiger partial charge in [0.05, 0.1) is 40.8 Å². The van der Waals surface area contributed by atoms with Gasteiger partial charge in [0.15, 0.2) is 5.28 Å². The van der Waals surface area contributed by atoms with Crippen molar-refractivity contribution < 1.29 is 23.2 Å². The van der Waals surface area contributed by atoms with Gasteiger partial charge in [-0.3, -0.25) is 19.1 Å². The van der Waals surface area contributed by atoms with Crippen LogP contribution in [0.1, 0.15) is 19.4 Å². The molecule has 2 aromatic rings. The molecule has 2 aliphatic heterocycles. The number of hydrogen-bond donors (Lipinski definition) is 0. The van der Waals surface area contributed by atoms with Crippen LogP contribution in [0.2, 0.25) is 10.0 Å². The van der Waals surface area contributed by atoms with E-state index in [9.17, 15) is 14.2 Å². The molecule has 1 fully saturated rings. The van der Waals surface area contributed by atoms with E-state index in [0.29, 0.717) is 10.6 Å². The Labute approximate surface area is 195 Å². The molecule has 1 saturated heterocycles. The Morgan fingerprint density at radius 2 is 1.66 bits per heavy atom. The Balaban J connectivity index is 1.90. The SMILES string of the molecule is CCOP(=O)(OCC)C1(c2ccccc2)N=CC2C(=O)N(c3ccc(Cl)c(Cl)c3)C(=O)C21. The van der Waals surface area contributed by atoms with Gasteiger partial charge in [0.25, 0.3) is 0 Å². The van der Waals surface area contributed by atoms with Crippen LogP contribution in [-0.2, 0) is 28.5 Å². The molecule has 4 rings (SSSR count). The fourth-order valence-corrected chi connectivity index (χ4v) is 7.05. The summed E-state index contributed by atoms with van der Waals surface area (Å²) >= 11 is 12.1. The highest BCUT2D eigenvalue weighted by molar-refractivity contribution is 7.55. The molecule has 3 unspecified atom stereocenters. The third-order valence-electron chi connectivity index (χ3n) is 5.59. The Kier molecular flexibility index (Phi) is 6.31. The van der Waals surface area contributed by atoms with Gasteiger partial charge in [0.2, 0.25) is 11.8 Å². The number of carbonyl (C=O) groups is 2. The zero-order valence-electron chi connectivity index (χ0n) is 17.4. The van der Waals surface area contributed by atoms with Gasteiger partial charge >= 0.3 is 7.60 Å². The lowest BCUT2D eigenvalue weighted by molar-refractivity contribution is -0.123. The average Bonchev–Trinajstić information content (AvgIpc) is 3.29. The Morgan fingerprint density at radius 3 is 2.25 bits per heavy atom. The van der Waals surface area contributed by atoms with E-state index >= 15 is 0 Å². The molecule has 2 heterocycles. The molecule has 10 heteroatoms. The maximum absolute atomic E-state index is 14.2. The predicted octanol–water partition coefficient (Wildman–Crippen LogP) is 5.30. The first-order chi connectivity index (χ1) is 15.3. The summed E-state index contributed by atoms with van der Waals surface area (Å²) in [4.78, 5) is 32.7. The van der Waals surface area contributed by atoms with Crippen LogP contribution in [0.3, 0.4) is 0 Å². The van der Waals surface area contributed by atoms with Crippen LogP contribution in [0.5, 0.6) is 0 Å². The van der Waals surface area contributed by atoms with E-state index < -0.39 is 36.5 Å². The Bertz CT molecular complexity index is 1130. The van der Waals surface area contributed by atoms with E-state index in [0.717, 1.165) is 4.90 Å². The molecule has 0 N–H and O–H groups in total. The number of imide groups is 1. The summed E-state index contributed by atoms with van der Waals surface area (Å²) in [5, 5.41) is -1.19. The van der Waals surface area contributed by atoms with Crippen LogP contribution in [0.15, 0.2) is 53.5 Å². The van der Waals surface area contributed by atoms with Gasteiger partial charge in [-0.15, -0.1) is 0 Å². The number of carbonyl (C=O) groups excluding carboxylic acids is 2. The summed E-state index contributed by atoms with van der Waals surface area (Å²) in [5.41, 5.74) is 0.757. The molecule has 2 aliphatic rings. The predicted molar refractivity (Wildman–Crippen MR) is 123 cm³/mol. The van der Waals surface area contributed by atoms with E-state index in [1.54, 1.807) is 44.2 Å². The minimum atomic E-state index is -4.03. The molecule has 168 valence electrons. The lowest BCUT2D eigenvalue weighted by atomic mass is 9.87. The number of benzene rings is 2. The largest absolute Gasteiger partial charge is 0.363 e. The third-order valence-corrected chi connectivity index (χ3v) is 9.01. The van der Waals surface area contributed by atoms with E-state index in [2.05, 4.69) is 4.99 Å². The number of rotatable bonds is 7. The van der Waals surface area contributed by atoms with Gasteiger partial charge in [-0.1, -0.05) is 53.5 Å². The number of amides is 2. The molecule has 0 radical (unpaired) electrons. The minimum Gasteiger partial charge on any atom is -0.307 e. The van der Waals surface area contributed by atoms with E-state index in [-0.39, 0.29) is 23.9 Å². The summed E-state index contributed by atoms with van der Waals surface area (Å²) in [6, 6.07) is 13.2. The van der Waals surface area contributed by atoms with Gasteiger partial charge in [0, 0.05) is 6.21 Å². The quantitative estimate of drug-likeness (QED) is 0.384. The van der Waals surface area contributed by atoms with Crippen LogP contribution in [0, 0.1) is 11.8 Å². The van der Waals surface area contributed by atoms with E-state index in [1.807, 2.05) is 0 Å². The second kappa shape index (κ2) is 8.73. The fraction of sp³-hybridized carbons (Fsp3) is 0.318. The Morgan fingerprint density at radius 1 is 1.00 bits per heavy atom. The van der Waals surface area contributed by atoms with Crippen molar-refractivity contribution in [1.29, 1.82) is 0 Å². The highest BCUT2D eigenvalue weighted by atomic mass is 35.5. The van der Waals surface area contributed by atoms with Gasteiger partial charge in [-0.2, -0.15) is 0 Å². The molecule has 2 aromatic carbocycles. The van der Waals surface area contributed by atoms with Crippen LogP contribution >= 0.6 is 30.8 Å². The van der Waals surface area contributed by atoms with Crippen molar-refractivity contribution >= 4 is 54.5 Å². The van der Waals surface area contributed by atoms with Gasteiger partial charge in [-0.05, 0) is 37.6 Å². The number of aliphatic imine (C=N–C) groups is 1. The van der Waals surface area contributed by atoms with Crippen molar-refractivity contribution in [3.8, 4) is 0 Å². The second-order valence-corrected chi connectivity index (χ2v) is 10.3. The summed E-state index contributed by atoms with van der Waals surface area (Å²) < 4.78 is 25.6. The highest BCUT2D eigenvalue weighted by Gasteiger charge is 2.69. The molecular weight excluding hydrogens is 474 g/mol.